The summed E-state index contributed by atoms with van der Waals surface area (Å²) >= 11 is 0. The van der Waals surface area contributed by atoms with E-state index in [1.807, 2.05) is 12.1 Å². The molecule has 2 heterocycles. The molecule has 0 aliphatic heterocycles. The molecule has 0 spiro atoms. The highest BCUT2D eigenvalue weighted by Gasteiger charge is 2.20. The number of aryl methyl sites for hydroxylation is 2. The van der Waals surface area contributed by atoms with Crippen LogP contribution < -0.4 is 0 Å². The van der Waals surface area contributed by atoms with Gasteiger partial charge in [-0.05, 0) is 31.5 Å². The predicted molar refractivity (Wildman–Crippen MR) is 66.0 cm³/mol. The molecule has 0 bridgehead atoms. The first-order chi connectivity index (χ1) is 8.59. The zero-order valence-corrected chi connectivity index (χ0v) is 10.7. The van der Waals surface area contributed by atoms with Crippen LogP contribution in [0.5, 0.6) is 0 Å². The van der Waals surface area contributed by atoms with Crippen LogP contribution >= 0.6 is 0 Å². The fourth-order valence-corrected chi connectivity index (χ4v) is 1.81. The highest BCUT2D eigenvalue weighted by atomic mass is 16.5. The van der Waals surface area contributed by atoms with Gasteiger partial charge in [0.25, 0.3) is 5.91 Å². The fourth-order valence-electron chi connectivity index (χ4n) is 1.81. The lowest BCUT2D eigenvalue weighted by Gasteiger charge is -2.16. The van der Waals surface area contributed by atoms with E-state index in [1.54, 1.807) is 38.2 Å². The zero-order chi connectivity index (χ0) is 13.1. The molecule has 0 saturated carbocycles. The van der Waals surface area contributed by atoms with Gasteiger partial charge in [0.05, 0.1) is 5.69 Å². The van der Waals surface area contributed by atoms with Crippen molar-refractivity contribution in [2.45, 2.75) is 20.4 Å². The van der Waals surface area contributed by atoms with Gasteiger partial charge in [0, 0.05) is 26.0 Å². The van der Waals surface area contributed by atoms with Crippen molar-refractivity contribution in [3.8, 4) is 0 Å². The van der Waals surface area contributed by atoms with Gasteiger partial charge in [0.2, 0.25) is 0 Å². The summed E-state index contributed by atoms with van der Waals surface area (Å²) in [5.74, 6) is 0.474. The van der Waals surface area contributed by atoms with Gasteiger partial charge in [-0.25, -0.2) is 0 Å². The topological polar surface area (TPSA) is 59.2 Å². The third-order valence-electron chi connectivity index (χ3n) is 2.76. The van der Waals surface area contributed by atoms with Crippen LogP contribution in [0.2, 0.25) is 0 Å². The van der Waals surface area contributed by atoms with Crippen molar-refractivity contribution in [2.75, 3.05) is 7.05 Å². The minimum absolute atomic E-state index is 0.0805. The summed E-state index contributed by atoms with van der Waals surface area (Å²) in [6.45, 7) is 4.04. The van der Waals surface area contributed by atoms with Crippen LogP contribution in [0.4, 0.5) is 0 Å². The molecule has 0 aliphatic rings. The van der Waals surface area contributed by atoms with Crippen LogP contribution in [0.15, 0.2) is 29.0 Å². The molecule has 2 aromatic rings. The second kappa shape index (κ2) is 5.00. The Morgan fingerprint density at radius 2 is 2.00 bits per heavy atom. The Hall–Kier alpha value is -2.17. The van der Waals surface area contributed by atoms with Crippen molar-refractivity contribution in [3.63, 3.8) is 0 Å². The highest BCUT2D eigenvalue weighted by molar-refractivity contribution is 5.95. The lowest BCUT2D eigenvalue weighted by Crippen LogP contribution is -2.27. The number of nitrogens with zero attached hydrogens (tertiary/aromatic N) is 3. The van der Waals surface area contributed by atoms with Gasteiger partial charge < -0.3 is 9.42 Å². The maximum atomic E-state index is 12.3. The molecule has 18 heavy (non-hydrogen) atoms. The number of carbonyl (C=O) groups excluding carboxylic acids is 1. The largest absolute Gasteiger partial charge is 0.361 e. The van der Waals surface area contributed by atoms with Gasteiger partial charge in [-0.15, -0.1) is 0 Å². The Kier molecular flexibility index (Phi) is 3.41. The van der Waals surface area contributed by atoms with Crippen molar-refractivity contribution in [2.24, 2.45) is 0 Å². The second-order valence-corrected chi connectivity index (χ2v) is 4.22. The quantitative estimate of drug-likeness (QED) is 0.829. The summed E-state index contributed by atoms with van der Waals surface area (Å²) in [4.78, 5) is 17.9. The van der Waals surface area contributed by atoms with Crippen molar-refractivity contribution in [1.82, 2.24) is 15.0 Å². The number of aromatic nitrogens is 2. The molecule has 0 atom stereocenters. The van der Waals surface area contributed by atoms with Crippen LogP contribution in [0.1, 0.15) is 27.4 Å². The van der Waals surface area contributed by atoms with E-state index >= 15 is 0 Å². The predicted octanol–water partition coefficient (Wildman–Crippen LogP) is 1.96. The molecule has 0 aliphatic carbocycles. The first kappa shape index (κ1) is 12.3. The summed E-state index contributed by atoms with van der Waals surface area (Å²) in [6, 6.07) is 3.77. The van der Waals surface area contributed by atoms with Gasteiger partial charge in [-0.1, -0.05) is 5.16 Å². The van der Waals surface area contributed by atoms with Gasteiger partial charge in [0.1, 0.15) is 11.3 Å². The van der Waals surface area contributed by atoms with Crippen LogP contribution in [0.3, 0.4) is 0 Å². The maximum absolute atomic E-state index is 12.3. The molecule has 0 fully saturated rings. The Morgan fingerprint density at radius 1 is 1.33 bits per heavy atom. The molecule has 5 heteroatoms. The standard InChI is InChI=1S/C13H15N3O2/c1-9-12(10(2)18-15-9)13(17)16(3)8-11-4-6-14-7-5-11/h4-7H,8H2,1-3H3. The summed E-state index contributed by atoms with van der Waals surface area (Å²) < 4.78 is 5.01. The van der Waals surface area contributed by atoms with Crippen LogP contribution in [0, 0.1) is 13.8 Å². The van der Waals surface area contributed by atoms with E-state index in [-0.39, 0.29) is 5.91 Å². The highest BCUT2D eigenvalue weighted by Crippen LogP contribution is 2.15. The molecule has 5 nitrogen and oxygen atoms in total. The lowest BCUT2D eigenvalue weighted by molar-refractivity contribution is 0.0782. The van der Waals surface area contributed by atoms with E-state index in [4.69, 9.17) is 4.52 Å². The minimum Gasteiger partial charge on any atom is -0.361 e. The van der Waals surface area contributed by atoms with Gasteiger partial charge in [-0.3, -0.25) is 9.78 Å². The van der Waals surface area contributed by atoms with Crippen LogP contribution in [0.25, 0.3) is 0 Å². The smallest absolute Gasteiger partial charge is 0.259 e. The third-order valence-corrected chi connectivity index (χ3v) is 2.76. The van der Waals surface area contributed by atoms with E-state index in [2.05, 4.69) is 10.1 Å². The average Bonchev–Trinajstić information content (AvgIpc) is 2.69. The summed E-state index contributed by atoms with van der Waals surface area (Å²) in [7, 11) is 1.76. The molecule has 0 N–H and O–H groups in total. The SMILES string of the molecule is Cc1noc(C)c1C(=O)N(C)Cc1ccncc1. The normalized spacial score (nSPS) is 10.4. The molecule has 0 aromatic carbocycles. The number of rotatable bonds is 3. The van der Waals surface area contributed by atoms with Gasteiger partial charge >= 0.3 is 0 Å². The van der Waals surface area contributed by atoms with E-state index < -0.39 is 0 Å². The van der Waals surface area contributed by atoms with Gasteiger partial charge in [-0.2, -0.15) is 0 Å². The molecular weight excluding hydrogens is 230 g/mol. The number of hydrogen-bond donors (Lipinski definition) is 0. The number of carbonyl (C=O) groups is 1. The molecule has 0 radical (unpaired) electrons. The molecule has 0 saturated heterocycles. The van der Waals surface area contributed by atoms with Crippen LogP contribution in [-0.2, 0) is 6.54 Å². The first-order valence-electron chi connectivity index (χ1n) is 5.67. The maximum Gasteiger partial charge on any atom is 0.259 e. The van der Waals surface area contributed by atoms with Crippen molar-refractivity contribution < 1.29 is 9.32 Å². The molecule has 0 unspecified atom stereocenters. The summed E-state index contributed by atoms with van der Waals surface area (Å²) in [5.41, 5.74) is 2.21. The zero-order valence-electron chi connectivity index (χ0n) is 10.7. The Bertz CT molecular complexity index is 529. The van der Waals surface area contributed by atoms with E-state index in [0.717, 1.165) is 5.56 Å². The fraction of sp³-hybridized carbons (Fsp3) is 0.308. The average molecular weight is 245 g/mol. The lowest BCUT2D eigenvalue weighted by atomic mass is 10.1. The van der Waals surface area contributed by atoms with Crippen molar-refractivity contribution >= 4 is 5.91 Å². The molecular formula is C13H15N3O2. The van der Waals surface area contributed by atoms with Crippen molar-refractivity contribution in [3.05, 3.63) is 47.1 Å². The molecule has 1 amide bonds. The van der Waals surface area contributed by atoms with E-state index in [0.29, 0.717) is 23.6 Å². The Morgan fingerprint density at radius 3 is 2.56 bits per heavy atom. The van der Waals surface area contributed by atoms with Crippen LogP contribution in [-0.4, -0.2) is 28.0 Å². The molecule has 94 valence electrons. The minimum atomic E-state index is -0.0805. The second-order valence-electron chi connectivity index (χ2n) is 4.22. The molecule has 2 aromatic heterocycles. The Labute approximate surface area is 105 Å². The van der Waals surface area contributed by atoms with E-state index in [9.17, 15) is 4.79 Å². The van der Waals surface area contributed by atoms with Crippen molar-refractivity contribution in [1.29, 1.82) is 0 Å². The van der Waals surface area contributed by atoms with E-state index in [1.165, 1.54) is 0 Å². The van der Waals surface area contributed by atoms with Gasteiger partial charge in [0.15, 0.2) is 0 Å². The molecule has 2 rings (SSSR count). The third kappa shape index (κ3) is 2.40. The summed E-state index contributed by atoms with van der Waals surface area (Å²) in [5, 5.41) is 3.79. The Balaban J connectivity index is 2.15. The first-order valence-corrected chi connectivity index (χ1v) is 5.67. The number of pyridine rings is 1. The monoisotopic (exact) mass is 245 g/mol. The number of amides is 1. The number of hydrogen-bond acceptors (Lipinski definition) is 4. The summed E-state index contributed by atoms with van der Waals surface area (Å²) in [6.07, 6.45) is 3.42.